The summed E-state index contributed by atoms with van der Waals surface area (Å²) >= 11 is 0. The van der Waals surface area contributed by atoms with E-state index < -0.39 is 20.5 Å². The summed E-state index contributed by atoms with van der Waals surface area (Å²) in [7, 11) is -1.93. The Bertz CT molecular complexity index is 749. The molecule has 0 radical (unpaired) electrons. The van der Waals surface area contributed by atoms with E-state index in [1.165, 1.54) is 0 Å². The van der Waals surface area contributed by atoms with Crippen LogP contribution in [0.25, 0.3) is 10.9 Å². The number of hydrogen-bond donors (Lipinski definition) is 4. The molecule has 25 heavy (non-hydrogen) atoms. The van der Waals surface area contributed by atoms with Gasteiger partial charge in [-0.05, 0) is 48.3 Å². The van der Waals surface area contributed by atoms with Crippen molar-refractivity contribution in [3.05, 3.63) is 30.0 Å². The second-order valence-electron chi connectivity index (χ2n) is 7.92. The van der Waals surface area contributed by atoms with Gasteiger partial charge in [-0.1, -0.05) is 20.8 Å². The molecule has 1 amide bonds. The van der Waals surface area contributed by atoms with Crippen LogP contribution in [-0.4, -0.2) is 42.3 Å². The summed E-state index contributed by atoms with van der Waals surface area (Å²) in [6.07, 6.45) is 1.13. The first-order chi connectivity index (χ1) is 11.5. The number of carbonyl (C=O) groups is 1. The molecule has 0 aliphatic rings. The number of aliphatic hydroxyl groups excluding tert-OH is 1. The van der Waals surface area contributed by atoms with E-state index in [9.17, 15) is 9.90 Å². The lowest BCUT2D eigenvalue weighted by molar-refractivity contribution is 0.177. The summed E-state index contributed by atoms with van der Waals surface area (Å²) < 4.78 is 6.36. The Hall–Kier alpha value is -1.99. The molecule has 0 fully saturated rings. The monoisotopic (exact) mass is 364 g/mol. The van der Waals surface area contributed by atoms with Crippen LogP contribution in [0.3, 0.4) is 0 Å². The van der Waals surface area contributed by atoms with Crippen molar-refractivity contribution in [2.24, 2.45) is 0 Å². The number of rotatable bonds is 6. The van der Waals surface area contributed by atoms with Crippen LogP contribution in [0.4, 0.5) is 4.79 Å². The average Bonchev–Trinajstić information content (AvgIpc) is 2.87. The lowest BCUT2D eigenvalue weighted by Gasteiger charge is -2.36. The van der Waals surface area contributed by atoms with E-state index in [0.717, 1.165) is 22.2 Å². The Morgan fingerprint density at radius 2 is 2.04 bits per heavy atom. The third kappa shape index (κ3) is 4.55. The SMILES string of the molecule is CC(C)(C)[Si](C)(C)Oc1ccc2[nH]cc(CC(CO)NC(=O)O)c2c1. The van der Waals surface area contributed by atoms with Crippen molar-refractivity contribution < 1.29 is 19.4 Å². The van der Waals surface area contributed by atoms with Crippen molar-refractivity contribution >= 4 is 25.3 Å². The molecule has 0 aliphatic heterocycles. The van der Waals surface area contributed by atoms with Gasteiger partial charge >= 0.3 is 6.09 Å². The molecule has 0 aliphatic carbocycles. The molecule has 1 atom stereocenters. The fourth-order valence-electron chi connectivity index (χ4n) is 2.44. The summed E-state index contributed by atoms with van der Waals surface area (Å²) in [6, 6.07) is 5.39. The standard InChI is InChI=1S/C18H28N2O4Si/c1-18(2,3)25(4,5)24-14-6-7-16-15(9-14)12(10-19-16)8-13(11-21)20-17(22)23/h6-7,9-10,13,19-21H,8,11H2,1-5H3,(H,22,23). The van der Waals surface area contributed by atoms with Gasteiger partial charge in [0.15, 0.2) is 0 Å². The summed E-state index contributed by atoms with van der Waals surface area (Å²) in [5.74, 6) is 0.826. The topological polar surface area (TPSA) is 94.6 Å². The highest BCUT2D eigenvalue weighted by Gasteiger charge is 2.39. The van der Waals surface area contributed by atoms with Crippen LogP contribution in [0.15, 0.2) is 24.4 Å². The Morgan fingerprint density at radius 3 is 2.60 bits per heavy atom. The van der Waals surface area contributed by atoms with E-state index in [0.29, 0.717) is 6.42 Å². The van der Waals surface area contributed by atoms with Crippen molar-refractivity contribution in [1.29, 1.82) is 0 Å². The maximum absolute atomic E-state index is 10.8. The Kier molecular flexibility index (Phi) is 5.48. The quantitative estimate of drug-likeness (QED) is 0.588. The summed E-state index contributed by atoms with van der Waals surface area (Å²) in [5.41, 5.74) is 1.91. The molecule has 2 aromatic rings. The minimum atomic E-state index is -1.93. The highest BCUT2D eigenvalue weighted by Crippen LogP contribution is 2.38. The molecule has 6 nitrogen and oxygen atoms in total. The van der Waals surface area contributed by atoms with Gasteiger partial charge in [0.1, 0.15) is 5.75 Å². The predicted molar refractivity (Wildman–Crippen MR) is 102 cm³/mol. The van der Waals surface area contributed by atoms with Gasteiger partial charge in [-0.3, -0.25) is 0 Å². The number of nitrogens with one attached hydrogen (secondary N) is 2. The van der Waals surface area contributed by atoms with Gasteiger partial charge in [0.05, 0.1) is 12.6 Å². The zero-order valence-corrected chi connectivity index (χ0v) is 16.5. The minimum absolute atomic E-state index is 0.107. The molecule has 4 N–H and O–H groups in total. The first-order valence-corrected chi connectivity index (χ1v) is 11.3. The number of hydrogen-bond acceptors (Lipinski definition) is 3. The molecule has 1 aromatic carbocycles. The number of aromatic amines is 1. The smallest absolute Gasteiger partial charge is 0.404 e. The molecule has 0 saturated carbocycles. The zero-order chi connectivity index (χ0) is 18.8. The Labute approximate surface area is 149 Å². The van der Waals surface area contributed by atoms with E-state index in [1.807, 2.05) is 24.4 Å². The molecular formula is C18H28N2O4Si. The molecule has 0 spiro atoms. The molecule has 2 rings (SSSR count). The highest BCUT2D eigenvalue weighted by atomic mass is 28.4. The van der Waals surface area contributed by atoms with Gasteiger partial charge in [-0.25, -0.2) is 4.79 Å². The van der Waals surface area contributed by atoms with Crippen LogP contribution in [-0.2, 0) is 6.42 Å². The Balaban J connectivity index is 2.28. The fraction of sp³-hybridized carbons (Fsp3) is 0.500. The first-order valence-electron chi connectivity index (χ1n) is 8.43. The van der Waals surface area contributed by atoms with Crippen LogP contribution in [0.5, 0.6) is 5.75 Å². The average molecular weight is 365 g/mol. The summed E-state index contributed by atoms with van der Waals surface area (Å²) in [5, 5.41) is 21.7. The lowest BCUT2D eigenvalue weighted by Crippen LogP contribution is -2.43. The molecule has 1 aromatic heterocycles. The number of amides is 1. The lowest BCUT2D eigenvalue weighted by atomic mass is 10.1. The largest absolute Gasteiger partial charge is 0.543 e. The van der Waals surface area contributed by atoms with Gasteiger partial charge in [0, 0.05) is 17.1 Å². The third-order valence-electron chi connectivity index (χ3n) is 4.93. The van der Waals surface area contributed by atoms with Gasteiger partial charge < -0.3 is 24.9 Å². The molecule has 138 valence electrons. The number of aliphatic hydroxyl groups is 1. The van der Waals surface area contributed by atoms with Crippen molar-refractivity contribution in [1.82, 2.24) is 10.3 Å². The predicted octanol–water partition coefficient (Wildman–Crippen LogP) is 3.72. The van der Waals surface area contributed by atoms with Crippen molar-refractivity contribution in [2.45, 2.75) is 51.4 Å². The van der Waals surface area contributed by atoms with E-state index in [-0.39, 0.29) is 11.6 Å². The molecular weight excluding hydrogens is 336 g/mol. The van der Waals surface area contributed by atoms with Gasteiger partial charge in [-0.2, -0.15) is 0 Å². The summed E-state index contributed by atoms with van der Waals surface area (Å²) in [4.78, 5) is 14.0. The number of fused-ring (bicyclic) bond motifs is 1. The maximum atomic E-state index is 10.8. The number of carboxylic acid groups (broad SMARTS) is 1. The van der Waals surface area contributed by atoms with Crippen molar-refractivity contribution in [2.75, 3.05) is 6.61 Å². The van der Waals surface area contributed by atoms with Crippen molar-refractivity contribution in [3.8, 4) is 5.75 Å². The van der Waals surface area contributed by atoms with E-state index in [4.69, 9.17) is 9.53 Å². The van der Waals surface area contributed by atoms with Crippen LogP contribution < -0.4 is 9.74 Å². The van der Waals surface area contributed by atoms with Crippen molar-refractivity contribution in [3.63, 3.8) is 0 Å². The second-order valence-corrected chi connectivity index (χ2v) is 12.6. The highest BCUT2D eigenvalue weighted by molar-refractivity contribution is 6.74. The van der Waals surface area contributed by atoms with Crippen LogP contribution in [0.1, 0.15) is 26.3 Å². The van der Waals surface area contributed by atoms with E-state index in [1.54, 1.807) is 0 Å². The van der Waals surface area contributed by atoms with Gasteiger partial charge in [0.2, 0.25) is 8.32 Å². The number of benzene rings is 1. The van der Waals surface area contributed by atoms with Crippen LogP contribution >= 0.6 is 0 Å². The molecule has 1 unspecified atom stereocenters. The second kappa shape index (κ2) is 7.09. The molecule has 7 heteroatoms. The van der Waals surface area contributed by atoms with E-state index >= 15 is 0 Å². The number of H-pyrrole nitrogens is 1. The van der Waals surface area contributed by atoms with E-state index in [2.05, 4.69) is 44.2 Å². The summed E-state index contributed by atoms with van der Waals surface area (Å²) in [6.45, 7) is 10.7. The first kappa shape index (κ1) is 19.3. The van der Waals surface area contributed by atoms with Gasteiger partial charge in [0.25, 0.3) is 0 Å². The zero-order valence-electron chi connectivity index (χ0n) is 15.5. The van der Waals surface area contributed by atoms with Crippen LogP contribution in [0, 0.1) is 0 Å². The minimum Gasteiger partial charge on any atom is -0.543 e. The normalized spacial score (nSPS) is 13.7. The fourth-order valence-corrected chi connectivity index (χ4v) is 3.46. The molecule has 0 saturated heterocycles. The number of aromatic nitrogens is 1. The molecule has 1 heterocycles. The van der Waals surface area contributed by atoms with Crippen LogP contribution in [0.2, 0.25) is 18.1 Å². The maximum Gasteiger partial charge on any atom is 0.404 e. The van der Waals surface area contributed by atoms with Gasteiger partial charge in [-0.15, -0.1) is 0 Å². The third-order valence-corrected chi connectivity index (χ3v) is 9.29. The molecule has 0 bridgehead atoms. The Morgan fingerprint density at radius 1 is 1.36 bits per heavy atom.